The number of benzene rings is 1. The van der Waals surface area contributed by atoms with E-state index < -0.39 is 11.7 Å². The first kappa shape index (κ1) is 16.5. The Hall–Kier alpha value is -1.91. The standard InChI is InChI=1S/C17H23FN2O2/c1-12(2)22-17(20-10-8-13(3)9-11-20)19-16(21)14-6-4-5-7-15(14)18/h4-7,12-13H,8-11H2,1-3H3. The van der Waals surface area contributed by atoms with Crippen molar-refractivity contribution >= 4 is 11.9 Å². The van der Waals surface area contributed by atoms with Crippen LogP contribution in [0.25, 0.3) is 0 Å². The Labute approximate surface area is 131 Å². The highest BCUT2D eigenvalue weighted by atomic mass is 19.1. The van der Waals surface area contributed by atoms with E-state index in [0.717, 1.165) is 25.9 Å². The number of rotatable bonds is 2. The molecule has 1 aromatic carbocycles. The van der Waals surface area contributed by atoms with E-state index >= 15 is 0 Å². The van der Waals surface area contributed by atoms with Gasteiger partial charge in [-0.2, -0.15) is 4.99 Å². The summed E-state index contributed by atoms with van der Waals surface area (Å²) in [5.41, 5.74) is -0.0299. The fourth-order valence-corrected chi connectivity index (χ4v) is 2.36. The van der Waals surface area contributed by atoms with Gasteiger partial charge in [0.05, 0.1) is 11.7 Å². The fourth-order valence-electron chi connectivity index (χ4n) is 2.36. The molecule has 4 nitrogen and oxygen atoms in total. The summed E-state index contributed by atoms with van der Waals surface area (Å²) in [6.45, 7) is 7.59. The maximum atomic E-state index is 13.7. The molecular weight excluding hydrogens is 283 g/mol. The minimum Gasteiger partial charge on any atom is -0.462 e. The highest BCUT2D eigenvalue weighted by molar-refractivity contribution is 6.01. The molecule has 0 radical (unpaired) electrons. The SMILES string of the molecule is CC1CCN(C(=NC(=O)c2ccccc2F)OC(C)C)CC1. The first-order valence-electron chi connectivity index (χ1n) is 7.76. The van der Waals surface area contributed by atoms with Crippen molar-refractivity contribution < 1.29 is 13.9 Å². The number of amidine groups is 1. The molecular formula is C17H23FN2O2. The molecule has 0 spiro atoms. The van der Waals surface area contributed by atoms with Gasteiger partial charge in [-0.25, -0.2) is 4.39 Å². The summed E-state index contributed by atoms with van der Waals surface area (Å²) in [7, 11) is 0. The lowest BCUT2D eigenvalue weighted by atomic mass is 10.00. The molecule has 0 unspecified atom stereocenters. The zero-order valence-corrected chi connectivity index (χ0v) is 13.4. The van der Waals surface area contributed by atoms with E-state index in [1.807, 2.05) is 18.7 Å². The number of piperidine rings is 1. The molecule has 0 bridgehead atoms. The minimum atomic E-state index is -0.604. The van der Waals surface area contributed by atoms with Crippen molar-refractivity contribution in [3.8, 4) is 0 Å². The lowest BCUT2D eigenvalue weighted by Crippen LogP contribution is -2.40. The normalized spacial score (nSPS) is 17.0. The maximum Gasteiger partial charge on any atom is 0.295 e. The Balaban J connectivity index is 2.21. The van der Waals surface area contributed by atoms with Gasteiger partial charge < -0.3 is 9.64 Å². The number of carbonyl (C=O) groups excluding carboxylic acids is 1. The molecule has 5 heteroatoms. The lowest BCUT2D eigenvalue weighted by molar-refractivity contribution is 0.0980. The predicted molar refractivity (Wildman–Crippen MR) is 84.4 cm³/mol. The molecule has 1 aromatic rings. The van der Waals surface area contributed by atoms with Gasteiger partial charge in [0.25, 0.3) is 11.9 Å². The summed E-state index contributed by atoms with van der Waals surface area (Å²) < 4.78 is 19.4. The molecule has 1 aliphatic heterocycles. The third-order valence-corrected chi connectivity index (χ3v) is 3.70. The smallest absolute Gasteiger partial charge is 0.295 e. The molecule has 1 amide bonds. The van der Waals surface area contributed by atoms with Crippen molar-refractivity contribution in [3.05, 3.63) is 35.6 Å². The van der Waals surface area contributed by atoms with Gasteiger partial charge in [-0.1, -0.05) is 19.1 Å². The van der Waals surface area contributed by atoms with Crippen LogP contribution >= 0.6 is 0 Å². The number of ether oxygens (including phenoxy) is 1. The zero-order chi connectivity index (χ0) is 16.1. The van der Waals surface area contributed by atoms with Crippen LogP contribution < -0.4 is 0 Å². The molecule has 120 valence electrons. The maximum absolute atomic E-state index is 13.7. The van der Waals surface area contributed by atoms with Crippen LogP contribution in [0.2, 0.25) is 0 Å². The number of carbonyl (C=O) groups is 1. The van der Waals surface area contributed by atoms with E-state index in [0.29, 0.717) is 11.9 Å². The van der Waals surface area contributed by atoms with Crippen molar-refractivity contribution in [2.45, 2.75) is 39.7 Å². The molecule has 0 aliphatic carbocycles. The minimum absolute atomic E-state index is 0.0299. The summed E-state index contributed by atoms with van der Waals surface area (Å²) in [6.07, 6.45) is 1.98. The third-order valence-electron chi connectivity index (χ3n) is 3.70. The van der Waals surface area contributed by atoms with Crippen LogP contribution in [0.15, 0.2) is 29.3 Å². The fraction of sp³-hybridized carbons (Fsp3) is 0.529. The number of amides is 1. The van der Waals surface area contributed by atoms with Crippen LogP contribution in [0.3, 0.4) is 0 Å². The van der Waals surface area contributed by atoms with E-state index in [1.165, 1.54) is 12.1 Å². The second-order valence-corrected chi connectivity index (χ2v) is 6.02. The second kappa shape index (κ2) is 7.38. The monoisotopic (exact) mass is 306 g/mol. The molecule has 22 heavy (non-hydrogen) atoms. The summed E-state index contributed by atoms with van der Waals surface area (Å²) in [5.74, 6) is -0.501. The Bertz CT molecular complexity index is 549. The predicted octanol–water partition coefficient (Wildman–Crippen LogP) is 3.48. The van der Waals surface area contributed by atoms with Crippen molar-refractivity contribution in [2.75, 3.05) is 13.1 Å². The Morgan fingerprint density at radius 3 is 2.55 bits per heavy atom. The van der Waals surface area contributed by atoms with Crippen LogP contribution in [-0.2, 0) is 4.74 Å². The molecule has 0 N–H and O–H groups in total. The number of hydrogen-bond donors (Lipinski definition) is 0. The summed E-state index contributed by atoms with van der Waals surface area (Å²) in [5, 5.41) is 0. The van der Waals surface area contributed by atoms with Gasteiger partial charge in [-0.3, -0.25) is 4.79 Å². The van der Waals surface area contributed by atoms with Crippen LogP contribution in [0.1, 0.15) is 44.0 Å². The number of likely N-dealkylation sites (tertiary alicyclic amines) is 1. The Morgan fingerprint density at radius 2 is 1.95 bits per heavy atom. The van der Waals surface area contributed by atoms with Crippen LogP contribution in [0, 0.1) is 11.7 Å². The summed E-state index contributed by atoms with van der Waals surface area (Å²) >= 11 is 0. The largest absolute Gasteiger partial charge is 0.462 e. The van der Waals surface area contributed by atoms with Gasteiger partial charge in [-0.05, 0) is 44.7 Å². The molecule has 1 heterocycles. The van der Waals surface area contributed by atoms with Gasteiger partial charge >= 0.3 is 0 Å². The van der Waals surface area contributed by atoms with Crippen molar-refractivity contribution in [1.29, 1.82) is 0 Å². The Kier molecular flexibility index (Phi) is 5.52. The first-order chi connectivity index (χ1) is 10.5. The molecule has 1 saturated heterocycles. The van der Waals surface area contributed by atoms with Gasteiger partial charge in [0.15, 0.2) is 0 Å². The average Bonchev–Trinajstić information content (AvgIpc) is 2.47. The van der Waals surface area contributed by atoms with Gasteiger partial charge in [0.1, 0.15) is 5.82 Å². The topological polar surface area (TPSA) is 41.9 Å². The van der Waals surface area contributed by atoms with Gasteiger partial charge in [-0.15, -0.1) is 0 Å². The summed E-state index contributed by atoms with van der Waals surface area (Å²) in [4.78, 5) is 18.2. The van der Waals surface area contributed by atoms with Crippen molar-refractivity contribution in [3.63, 3.8) is 0 Å². The van der Waals surface area contributed by atoms with Gasteiger partial charge in [0, 0.05) is 13.1 Å². The molecule has 1 aliphatic rings. The molecule has 0 saturated carbocycles. The number of halogens is 1. The average molecular weight is 306 g/mol. The molecule has 1 fully saturated rings. The second-order valence-electron chi connectivity index (χ2n) is 6.02. The van der Waals surface area contributed by atoms with E-state index in [-0.39, 0.29) is 11.7 Å². The Morgan fingerprint density at radius 1 is 1.32 bits per heavy atom. The highest BCUT2D eigenvalue weighted by Crippen LogP contribution is 2.18. The van der Waals surface area contributed by atoms with Gasteiger partial charge in [0.2, 0.25) is 0 Å². The molecule has 0 aromatic heterocycles. The highest BCUT2D eigenvalue weighted by Gasteiger charge is 2.22. The third kappa shape index (κ3) is 4.29. The number of aliphatic imine (C=N–C) groups is 1. The van der Waals surface area contributed by atoms with Crippen LogP contribution in [0.4, 0.5) is 4.39 Å². The zero-order valence-electron chi connectivity index (χ0n) is 13.4. The molecule has 2 rings (SSSR count). The number of nitrogens with zero attached hydrogens (tertiary/aromatic N) is 2. The van der Waals surface area contributed by atoms with Crippen LogP contribution in [-0.4, -0.2) is 36.0 Å². The van der Waals surface area contributed by atoms with Crippen molar-refractivity contribution in [2.24, 2.45) is 10.9 Å². The molecule has 0 atom stereocenters. The van der Waals surface area contributed by atoms with E-state index in [9.17, 15) is 9.18 Å². The van der Waals surface area contributed by atoms with Crippen molar-refractivity contribution in [1.82, 2.24) is 4.90 Å². The number of hydrogen-bond acceptors (Lipinski definition) is 2. The van der Waals surface area contributed by atoms with E-state index in [1.54, 1.807) is 12.1 Å². The van der Waals surface area contributed by atoms with E-state index in [4.69, 9.17) is 4.74 Å². The van der Waals surface area contributed by atoms with E-state index in [2.05, 4.69) is 11.9 Å². The van der Waals surface area contributed by atoms with Crippen LogP contribution in [0.5, 0.6) is 0 Å². The quantitative estimate of drug-likeness (QED) is 0.620. The first-order valence-corrected chi connectivity index (χ1v) is 7.76. The lowest BCUT2D eigenvalue weighted by Gasteiger charge is -2.32. The summed E-state index contributed by atoms with van der Waals surface area (Å²) in [6, 6.07) is 6.17.